The molecule has 0 radical (unpaired) electrons. The first kappa shape index (κ1) is 15.8. The number of rotatable bonds is 3. The Hall–Kier alpha value is -0.570. The summed E-state index contributed by atoms with van der Waals surface area (Å²) in [6.45, 7) is 8.64. The topological polar surface area (TPSA) is 32.3 Å². The quantitative estimate of drug-likeness (QED) is 0.855. The molecule has 1 heterocycles. The third-order valence-electron chi connectivity index (χ3n) is 5.28. The van der Waals surface area contributed by atoms with E-state index in [4.69, 9.17) is 0 Å². The Morgan fingerprint density at radius 1 is 1.20 bits per heavy atom. The summed E-state index contributed by atoms with van der Waals surface area (Å²) in [5.41, 5.74) is -0.350. The van der Waals surface area contributed by atoms with Gasteiger partial charge in [0.05, 0.1) is 11.7 Å². The molecule has 1 N–H and O–H groups in total. The second kappa shape index (κ2) is 6.46. The largest absolute Gasteiger partial charge is 0.322 e. The average molecular weight is 280 g/mol. The van der Waals surface area contributed by atoms with E-state index in [-0.39, 0.29) is 11.7 Å². The van der Waals surface area contributed by atoms with Crippen molar-refractivity contribution in [2.75, 3.05) is 0 Å². The molecule has 2 rings (SSSR count). The van der Waals surface area contributed by atoms with Gasteiger partial charge in [0.25, 0.3) is 0 Å². The summed E-state index contributed by atoms with van der Waals surface area (Å²) >= 11 is 0. The van der Waals surface area contributed by atoms with Gasteiger partial charge in [-0.2, -0.15) is 0 Å². The molecule has 2 atom stereocenters. The van der Waals surface area contributed by atoms with Gasteiger partial charge in [-0.1, -0.05) is 52.9 Å². The summed E-state index contributed by atoms with van der Waals surface area (Å²) < 4.78 is 0. The molecule has 1 saturated heterocycles. The van der Waals surface area contributed by atoms with E-state index in [2.05, 4.69) is 37.9 Å². The van der Waals surface area contributed by atoms with E-state index >= 15 is 0 Å². The predicted molar refractivity (Wildman–Crippen MR) is 83.4 cm³/mol. The lowest BCUT2D eigenvalue weighted by Gasteiger charge is -2.35. The van der Waals surface area contributed by atoms with Crippen molar-refractivity contribution < 1.29 is 4.79 Å². The number of amides is 1. The van der Waals surface area contributed by atoms with Gasteiger partial charge in [-0.3, -0.25) is 10.1 Å². The van der Waals surface area contributed by atoms with Crippen LogP contribution in [0.15, 0.2) is 0 Å². The molecule has 116 valence electrons. The van der Waals surface area contributed by atoms with Crippen molar-refractivity contribution in [1.82, 2.24) is 10.2 Å². The summed E-state index contributed by atoms with van der Waals surface area (Å²) in [6, 6.07) is 0.455. The van der Waals surface area contributed by atoms with Gasteiger partial charge >= 0.3 is 0 Å². The summed E-state index contributed by atoms with van der Waals surface area (Å²) in [5, 5.41) is 3.63. The lowest BCUT2D eigenvalue weighted by Crippen LogP contribution is -2.47. The molecular weight excluding hydrogens is 248 g/mol. The lowest BCUT2D eigenvalue weighted by atomic mass is 9.93. The van der Waals surface area contributed by atoms with E-state index in [9.17, 15) is 4.79 Å². The first-order chi connectivity index (χ1) is 9.49. The highest BCUT2D eigenvalue weighted by Crippen LogP contribution is 2.33. The number of carbonyl (C=O) groups excluding carboxylic acids is 1. The third kappa shape index (κ3) is 3.03. The van der Waals surface area contributed by atoms with Crippen LogP contribution in [0.1, 0.15) is 79.1 Å². The van der Waals surface area contributed by atoms with Crippen molar-refractivity contribution in [1.29, 1.82) is 0 Å². The number of nitrogens with zero attached hydrogens (tertiary/aromatic N) is 1. The molecule has 1 amide bonds. The zero-order valence-electron chi connectivity index (χ0n) is 13.7. The van der Waals surface area contributed by atoms with Gasteiger partial charge in [0.15, 0.2) is 0 Å². The molecule has 2 fully saturated rings. The molecular formula is C17H32N2O. The molecule has 3 nitrogen and oxygen atoms in total. The van der Waals surface area contributed by atoms with Crippen LogP contribution < -0.4 is 5.32 Å². The summed E-state index contributed by atoms with van der Waals surface area (Å²) in [5.74, 6) is 0.807. The van der Waals surface area contributed by atoms with Gasteiger partial charge in [0, 0.05) is 6.04 Å². The number of hydrogen-bond donors (Lipinski definition) is 1. The monoisotopic (exact) mass is 280 g/mol. The standard InChI is InChI=1S/C17H32N2O/c1-5-17(4)16(20)19(15(18-17)13(2)3)14-11-9-7-6-8-10-12-14/h13-15,18H,5-12H2,1-4H3. The predicted octanol–water partition coefficient (Wildman–Crippen LogP) is 3.68. The van der Waals surface area contributed by atoms with Crippen LogP contribution in [0.5, 0.6) is 0 Å². The van der Waals surface area contributed by atoms with Crippen molar-refractivity contribution >= 4 is 5.91 Å². The highest BCUT2D eigenvalue weighted by molar-refractivity contribution is 5.88. The summed E-state index contributed by atoms with van der Waals surface area (Å²) in [4.78, 5) is 15.2. The van der Waals surface area contributed by atoms with Gasteiger partial charge in [-0.25, -0.2) is 0 Å². The fourth-order valence-electron chi connectivity index (χ4n) is 3.72. The molecule has 0 spiro atoms. The van der Waals surface area contributed by atoms with E-state index in [1.807, 2.05) is 0 Å². The zero-order chi connectivity index (χ0) is 14.8. The van der Waals surface area contributed by atoms with Gasteiger partial charge in [0.2, 0.25) is 5.91 Å². The Balaban J connectivity index is 2.18. The fourth-order valence-corrected chi connectivity index (χ4v) is 3.72. The maximum atomic E-state index is 12.9. The van der Waals surface area contributed by atoms with Crippen LogP contribution in [0.4, 0.5) is 0 Å². The first-order valence-corrected chi connectivity index (χ1v) is 8.60. The molecule has 1 aliphatic carbocycles. The van der Waals surface area contributed by atoms with Crippen LogP contribution in [-0.4, -0.2) is 28.6 Å². The van der Waals surface area contributed by atoms with E-state index < -0.39 is 0 Å². The fraction of sp³-hybridized carbons (Fsp3) is 0.941. The minimum absolute atomic E-state index is 0.219. The average Bonchev–Trinajstić information content (AvgIpc) is 2.64. The van der Waals surface area contributed by atoms with E-state index in [0.717, 1.165) is 6.42 Å². The lowest BCUT2D eigenvalue weighted by molar-refractivity contribution is -0.136. The normalized spacial score (nSPS) is 33.5. The second-order valence-electron chi connectivity index (χ2n) is 7.23. The smallest absolute Gasteiger partial charge is 0.244 e. The van der Waals surface area contributed by atoms with Crippen LogP contribution in [-0.2, 0) is 4.79 Å². The van der Waals surface area contributed by atoms with Crippen LogP contribution in [0.3, 0.4) is 0 Å². The van der Waals surface area contributed by atoms with Crippen molar-refractivity contribution in [3.63, 3.8) is 0 Å². The highest BCUT2D eigenvalue weighted by Gasteiger charge is 2.49. The van der Waals surface area contributed by atoms with Gasteiger partial charge in [-0.15, -0.1) is 0 Å². The van der Waals surface area contributed by atoms with Crippen molar-refractivity contribution in [3.8, 4) is 0 Å². The van der Waals surface area contributed by atoms with Crippen LogP contribution in [0, 0.1) is 5.92 Å². The van der Waals surface area contributed by atoms with Crippen molar-refractivity contribution in [3.05, 3.63) is 0 Å². The Labute approximate surface area is 124 Å². The Morgan fingerprint density at radius 3 is 2.25 bits per heavy atom. The molecule has 0 aromatic rings. The van der Waals surface area contributed by atoms with Crippen molar-refractivity contribution in [2.24, 2.45) is 5.92 Å². The Bertz CT molecular complexity index is 334. The van der Waals surface area contributed by atoms with Gasteiger partial charge in [-0.05, 0) is 32.1 Å². The van der Waals surface area contributed by atoms with E-state index in [0.29, 0.717) is 17.9 Å². The van der Waals surface area contributed by atoms with Crippen LogP contribution in [0.25, 0.3) is 0 Å². The Morgan fingerprint density at radius 2 is 1.75 bits per heavy atom. The Kier molecular flexibility index (Phi) is 5.11. The molecule has 20 heavy (non-hydrogen) atoms. The maximum absolute atomic E-state index is 12.9. The maximum Gasteiger partial charge on any atom is 0.244 e. The molecule has 1 aliphatic heterocycles. The SMILES string of the molecule is CCC1(C)NC(C(C)C)N(C2CCCCCCC2)C1=O. The molecule has 1 saturated carbocycles. The third-order valence-corrected chi connectivity index (χ3v) is 5.28. The number of carbonyl (C=O) groups is 1. The van der Waals surface area contributed by atoms with Crippen molar-refractivity contribution in [2.45, 2.75) is 96.8 Å². The molecule has 0 aromatic carbocycles. The number of hydrogen-bond acceptors (Lipinski definition) is 2. The summed E-state index contributed by atoms with van der Waals surface area (Å²) in [6.07, 6.45) is 10.1. The minimum Gasteiger partial charge on any atom is -0.322 e. The minimum atomic E-state index is -0.350. The first-order valence-electron chi connectivity index (χ1n) is 8.60. The van der Waals surface area contributed by atoms with E-state index in [1.165, 1.54) is 44.9 Å². The molecule has 2 aliphatic rings. The van der Waals surface area contributed by atoms with Gasteiger partial charge < -0.3 is 4.90 Å². The second-order valence-corrected chi connectivity index (χ2v) is 7.23. The summed E-state index contributed by atoms with van der Waals surface area (Å²) in [7, 11) is 0. The van der Waals surface area contributed by atoms with Crippen LogP contribution in [0.2, 0.25) is 0 Å². The van der Waals surface area contributed by atoms with Crippen LogP contribution >= 0.6 is 0 Å². The van der Waals surface area contributed by atoms with Gasteiger partial charge in [0.1, 0.15) is 0 Å². The zero-order valence-corrected chi connectivity index (χ0v) is 13.7. The van der Waals surface area contributed by atoms with E-state index in [1.54, 1.807) is 0 Å². The molecule has 3 heteroatoms. The molecule has 0 aromatic heterocycles. The molecule has 0 bridgehead atoms. The molecule has 2 unspecified atom stereocenters. The number of nitrogens with one attached hydrogen (secondary N) is 1. The highest BCUT2D eigenvalue weighted by atomic mass is 16.2.